The average Bonchev–Trinajstić information content (AvgIpc) is 2.81. The topological polar surface area (TPSA) is 74.5 Å². The number of ether oxygens (including phenoxy) is 2. The summed E-state index contributed by atoms with van der Waals surface area (Å²) < 4.78 is 49.4. The lowest BCUT2D eigenvalue weighted by Gasteiger charge is -2.06. The highest BCUT2D eigenvalue weighted by molar-refractivity contribution is 7.99. The van der Waals surface area contributed by atoms with Crippen LogP contribution in [0.5, 0.6) is 0 Å². The summed E-state index contributed by atoms with van der Waals surface area (Å²) in [6.07, 6.45) is -3.92. The summed E-state index contributed by atoms with van der Waals surface area (Å²) in [5, 5.41) is 7.25. The number of carbonyl (C=O) groups is 1. The van der Waals surface area contributed by atoms with Crippen molar-refractivity contribution in [2.75, 3.05) is 25.6 Å². The van der Waals surface area contributed by atoms with E-state index in [1.807, 2.05) is 0 Å². The molecule has 20 heavy (non-hydrogen) atoms. The maximum atomic E-state index is 11.8. The molecule has 0 fully saturated rings. The summed E-state index contributed by atoms with van der Waals surface area (Å²) in [6.45, 7) is 0.557. The Morgan fingerprint density at radius 3 is 2.80 bits per heavy atom. The monoisotopic (exact) mass is 314 g/mol. The zero-order valence-corrected chi connectivity index (χ0v) is 11.4. The van der Waals surface area contributed by atoms with E-state index < -0.39 is 18.8 Å². The Morgan fingerprint density at radius 1 is 1.40 bits per heavy atom. The molecule has 0 aromatic carbocycles. The van der Waals surface area contributed by atoms with Gasteiger partial charge in [0.1, 0.15) is 6.61 Å². The van der Waals surface area contributed by atoms with E-state index >= 15 is 0 Å². The van der Waals surface area contributed by atoms with Gasteiger partial charge in [0.05, 0.1) is 6.61 Å². The molecule has 0 saturated carbocycles. The Hall–Kier alpha value is -1.29. The molecular formula is C10H13F3N2O4S. The van der Waals surface area contributed by atoms with Crippen LogP contribution in [0.15, 0.2) is 9.64 Å². The van der Waals surface area contributed by atoms with Crippen molar-refractivity contribution in [3.05, 3.63) is 5.89 Å². The molecule has 0 aliphatic rings. The van der Waals surface area contributed by atoms with Gasteiger partial charge in [-0.05, 0) is 13.3 Å². The quantitative estimate of drug-likeness (QED) is 0.414. The summed E-state index contributed by atoms with van der Waals surface area (Å²) in [6, 6.07) is 0. The van der Waals surface area contributed by atoms with E-state index in [9.17, 15) is 18.0 Å². The summed E-state index contributed by atoms with van der Waals surface area (Å²) in [5.74, 6) is -0.523. The van der Waals surface area contributed by atoms with Gasteiger partial charge in [0.15, 0.2) is 0 Å². The minimum atomic E-state index is -4.31. The van der Waals surface area contributed by atoms with Crippen molar-refractivity contribution in [1.29, 1.82) is 0 Å². The first-order valence-electron chi connectivity index (χ1n) is 5.70. The van der Waals surface area contributed by atoms with E-state index in [-0.39, 0.29) is 24.3 Å². The second-order valence-corrected chi connectivity index (χ2v) is 4.51. The first kappa shape index (κ1) is 16.8. The van der Waals surface area contributed by atoms with Gasteiger partial charge in [-0.25, -0.2) is 4.79 Å². The molecular weight excluding hydrogens is 301 g/mol. The molecule has 0 aliphatic carbocycles. The van der Waals surface area contributed by atoms with E-state index in [4.69, 9.17) is 4.42 Å². The number of hydrogen-bond donors (Lipinski definition) is 0. The van der Waals surface area contributed by atoms with Gasteiger partial charge in [-0.15, -0.1) is 5.10 Å². The third kappa shape index (κ3) is 6.75. The molecule has 0 aliphatic heterocycles. The molecule has 1 heterocycles. The fourth-order valence-electron chi connectivity index (χ4n) is 1.05. The molecule has 0 radical (unpaired) electrons. The molecule has 114 valence electrons. The molecule has 0 bridgehead atoms. The number of hydrogen-bond acceptors (Lipinski definition) is 7. The van der Waals surface area contributed by atoms with Gasteiger partial charge >= 0.3 is 18.0 Å². The molecule has 6 nitrogen and oxygen atoms in total. The number of nitrogens with zero attached hydrogens (tertiary/aromatic N) is 2. The van der Waals surface area contributed by atoms with Crippen molar-refractivity contribution in [2.24, 2.45) is 0 Å². The van der Waals surface area contributed by atoms with Crippen molar-refractivity contribution in [2.45, 2.75) is 24.7 Å². The highest BCUT2D eigenvalue weighted by atomic mass is 32.2. The summed E-state index contributed by atoms with van der Waals surface area (Å²) >= 11 is 1.13. The maximum absolute atomic E-state index is 11.8. The van der Waals surface area contributed by atoms with E-state index in [1.54, 1.807) is 6.92 Å². The van der Waals surface area contributed by atoms with Crippen LogP contribution >= 0.6 is 11.8 Å². The third-order valence-corrected chi connectivity index (χ3v) is 2.69. The van der Waals surface area contributed by atoms with Crippen LogP contribution in [0.3, 0.4) is 0 Å². The molecule has 0 unspecified atom stereocenters. The molecule has 10 heteroatoms. The highest BCUT2D eigenvalue weighted by Crippen LogP contribution is 2.18. The Balaban J connectivity index is 2.18. The van der Waals surface area contributed by atoms with Crippen LogP contribution in [0, 0.1) is 0 Å². The SMILES string of the molecule is CCOC(=O)c1nnc(SCCCOCC(F)(F)F)o1. The fraction of sp³-hybridized carbons (Fsp3) is 0.700. The van der Waals surface area contributed by atoms with Crippen molar-refractivity contribution in [1.82, 2.24) is 10.2 Å². The lowest BCUT2D eigenvalue weighted by atomic mass is 10.5. The van der Waals surface area contributed by atoms with Gasteiger partial charge < -0.3 is 13.9 Å². The molecule has 0 saturated heterocycles. The second-order valence-electron chi connectivity index (χ2n) is 3.46. The van der Waals surface area contributed by atoms with Crippen molar-refractivity contribution >= 4 is 17.7 Å². The molecule has 0 amide bonds. The lowest BCUT2D eigenvalue weighted by Crippen LogP contribution is -2.17. The molecule has 0 atom stereocenters. The van der Waals surface area contributed by atoms with E-state index in [0.29, 0.717) is 12.2 Å². The maximum Gasteiger partial charge on any atom is 0.411 e. The van der Waals surface area contributed by atoms with Crippen LogP contribution in [0.4, 0.5) is 13.2 Å². The molecule has 0 spiro atoms. The van der Waals surface area contributed by atoms with Crippen LogP contribution in [-0.4, -0.2) is 47.9 Å². The summed E-state index contributed by atoms with van der Waals surface area (Å²) in [7, 11) is 0. The lowest BCUT2D eigenvalue weighted by molar-refractivity contribution is -0.173. The second kappa shape index (κ2) is 8.10. The molecule has 0 N–H and O–H groups in total. The Morgan fingerprint density at radius 2 is 2.15 bits per heavy atom. The Kier molecular flexibility index (Phi) is 6.79. The van der Waals surface area contributed by atoms with Crippen LogP contribution in [0.1, 0.15) is 24.0 Å². The fourth-order valence-corrected chi connectivity index (χ4v) is 1.73. The van der Waals surface area contributed by atoms with E-state index in [1.165, 1.54) is 0 Å². The van der Waals surface area contributed by atoms with Crippen molar-refractivity contribution < 1.29 is 31.9 Å². The van der Waals surface area contributed by atoms with E-state index in [0.717, 1.165) is 11.8 Å². The van der Waals surface area contributed by atoms with Gasteiger partial charge in [0.2, 0.25) is 0 Å². The van der Waals surface area contributed by atoms with Crippen LogP contribution < -0.4 is 0 Å². The van der Waals surface area contributed by atoms with Crippen molar-refractivity contribution in [3.63, 3.8) is 0 Å². The van der Waals surface area contributed by atoms with Gasteiger partial charge in [-0.3, -0.25) is 0 Å². The van der Waals surface area contributed by atoms with Crippen molar-refractivity contribution in [3.8, 4) is 0 Å². The number of esters is 1. The predicted octanol–water partition coefficient (Wildman–Crippen LogP) is 2.31. The molecule has 1 aromatic rings. The minimum absolute atomic E-state index is 0.0224. The largest absolute Gasteiger partial charge is 0.459 e. The highest BCUT2D eigenvalue weighted by Gasteiger charge is 2.27. The summed E-state index contributed by atoms with van der Waals surface area (Å²) in [5.41, 5.74) is 0. The average molecular weight is 314 g/mol. The minimum Gasteiger partial charge on any atom is -0.459 e. The number of rotatable bonds is 8. The van der Waals surface area contributed by atoms with Gasteiger partial charge in [0, 0.05) is 12.4 Å². The van der Waals surface area contributed by atoms with Crippen LogP contribution in [0.25, 0.3) is 0 Å². The zero-order chi connectivity index (χ0) is 15.0. The standard InChI is InChI=1S/C10H13F3N2O4S/c1-2-18-8(16)7-14-15-9(19-7)20-5-3-4-17-6-10(11,12)13/h2-6H2,1H3. The first-order valence-corrected chi connectivity index (χ1v) is 6.69. The van der Waals surface area contributed by atoms with Gasteiger partial charge in [-0.1, -0.05) is 16.9 Å². The number of carbonyl (C=O) groups excluding carboxylic acids is 1. The summed E-state index contributed by atoms with van der Waals surface area (Å²) in [4.78, 5) is 11.2. The van der Waals surface area contributed by atoms with Crippen LogP contribution in [-0.2, 0) is 9.47 Å². The number of aromatic nitrogens is 2. The third-order valence-electron chi connectivity index (χ3n) is 1.78. The molecule has 1 aromatic heterocycles. The Bertz CT molecular complexity index is 425. The number of alkyl halides is 3. The zero-order valence-electron chi connectivity index (χ0n) is 10.6. The van der Waals surface area contributed by atoms with Gasteiger partial charge in [0.25, 0.3) is 5.22 Å². The molecule has 1 rings (SSSR count). The smallest absolute Gasteiger partial charge is 0.411 e. The number of halogens is 3. The predicted molar refractivity (Wildman–Crippen MR) is 62.5 cm³/mol. The van der Waals surface area contributed by atoms with Gasteiger partial charge in [-0.2, -0.15) is 13.2 Å². The van der Waals surface area contributed by atoms with E-state index in [2.05, 4.69) is 19.7 Å². The number of thioether (sulfide) groups is 1. The Labute approximate surface area is 117 Å². The normalized spacial score (nSPS) is 11.6. The first-order chi connectivity index (χ1) is 9.42. The van der Waals surface area contributed by atoms with Crippen LogP contribution in [0.2, 0.25) is 0 Å².